The third kappa shape index (κ3) is 3.12. The molecule has 1 fully saturated rings. The summed E-state index contributed by atoms with van der Waals surface area (Å²) in [6.07, 6.45) is 5.47. The smallest absolute Gasteiger partial charge is 0.00914 e. The lowest BCUT2D eigenvalue weighted by atomic mass is 9.91. The standard InChI is InChI=1S/C11H22N2/c1-3-5-7-13-8-6-11(12)10(4-2)9-13/h3,10-11H,1,4-9,12H2,2H3. The van der Waals surface area contributed by atoms with Crippen molar-refractivity contribution in [3.05, 3.63) is 12.7 Å². The average Bonchev–Trinajstić information content (AvgIpc) is 2.16. The molecule has 1 rings (SSSR count). The normalized spacial score (nSPS) is 30.3. The number of rotatable bonds is 4. The van der Waals surface area contributed by atoms with Crippen molar-refractivity contribution in [3.8, 4) is 0 Å². The number of likely N-dealkylation sites (tertiary alicyclic amines) is 1. The maximum atomic E-state index is 6.03. The number of hydrogen-bond acceptors (Lipinski definition) is 2. The Morgan fingerprint density at radius 3 is 3.00 bits per heavy atom. The molecule has 1 aliphatic heterocycles. The second-order valence-corrected chi connectivity index (χ2v) is 4.00. The average molecular weight is 182 g/mol. The SMILES string of the molecule is C=CCCN1CCC(N)C(CC)C1. The van der Waals surface area contributed by atoms with Gasteiger partial charge in [0.15, 0.2) is 0 Å². The minimum Gasteiger partial charge on any atom is -0.327 e. The molecule has 1 aliphatic rings. The summed E-state index contributed by atoms with van der Waals surface area (Å²) in [4.78, 5) is 2.51. The number of piperidine rings is 1. The van der Waals surface area contributed by atoms with Crippen molar-refractivity contribution in [2.45, 2.75) is 32.2 Å². The lowest BCUT2D eigenvalue weighted by Gasteiger charge is -2.36. The van der Waals surface area contributed by atoms with Crippen LogP contribution >= 0.6 is 0 Å². The van der Waals surface area contributed by atoms with Crippen molar-refractivity contribution >= 4 is 0 Å². The highest BCUT2D eigenvalue weighted by atomic mass is 15.1. The third-order valence-electron chi connectivity index (χ3n) is 3.05. The van der Waals surface area contributed by atoms with Crippen LogP contribution in [0.2, 0.25) is 0 Å². The first-order valence-electron chi connectivity index (χ1n) is 5.36. The molecule has 0 aromatic carbocycles. The molecule has 0 radical (unpaired) electrons. The molecule has 0 amide bonds. The second-order valence-electron chi connectivity index (χ2n) is 4.00. The molecule has 2 atom stereocenters. The molecule has 0 bridgehead atoms. The molecule has 0 saturated carbocycles. The van der Waals surface area contributed by atoms with Crippen LogP contribution in [0.1, 0.15) is 26.2 Å². The summed E-state index contributed by atoms with van der Waals surface area (Å²) in [5, 5.41) is 0. The highest BCUT2D eigenvalue weighted by Gasteiger charge is 2.24. The summed E-state index contributed by atoms with van der Waals surface area (Å²) in [5.74, 6) is 0.707. The van der Waals surface area contributed by atoms with Gasteiger partial charge in [0.25, 0.3) is 0 Å². The molecule has 2 N–H and O–H groups in total. The molecule has 76 valence electrons. The Balaban J connectivity index is 2.31. The van der Waals surface area contributed by atoms with Crippen LogP contribution in [0.3, 0.4) is 0 Å². The summed E-state index contributed by atoms with van der Waals surface area (Å²) in [7, 11) is 0. The first-order chi connectivity index (χ1) is 6.27. The van der Waals surface area contributed by atoms with Gasteiger partial charge >= 0.3 is 0 Å². The Bertz CT molecular complexity index is 156. The summed E-state index contributed by atoms with van der Waals surface area (Å²) < 4.78 is 0. The highest BCUT2D eigenvalue weighted by Crippen LogP contribution is 2.18. The van der Waals surface area contributed by atoms with Crippen molar-refractivity contribution in [2.24, 2.45) is 11.7 Å². The van der Waals surface area contributed by atoms with Crippen LogP contribution < -0.4 is 5.73 Å². The van der Waals surface area contributed by atoms with Gasteiger partial charge < -0.3 is 10.6 Å². The topological polar surface area (TPSA) is 29.3 Å². The third-order valence-corrected chi connectivity index (χ3v) is 3.05. The second kappa shape index (κ2) is 5.40. The molecule has 1 heterocycles. The first-order valence-corrected chi connectivity index (χ1v) is 5.36. The van der Waals surface area contributed by atoms with E-state index in [2.05, 4.69) is 18.4 Å². The summed E-state index contributed by atoms with van der Waals surface area (Å²) in [5.41, 5.74) is 6.03. The summed E-state index contributed by atoms with van der Waals surface area (Å²) in [6, 6.07) is 0.435. The van der Waals surface area contributed by atoms with E-state index in [1.807, 2.05) is 6.08 Å². The zero-order chi connectivity index (χ0) is 9.68. The van der Waals surface area contributed by atoms with Crippen molar-refractivity contribution < 1.29 is 0 Å². The van der Waals surface area contributed by atoms with E-state index < -0.39 is 0 Å². The minimum atomic E-state index is 0.435. The molecule has 0 aliphatic carbocycles. The largest absolute Gasteiger partial charge is 0.327 e. The van der Waals surface area contributed by atoms with Gasteiger partial charge in [0.1, 0.15) is 0 Å². The van der Waals surface area contributed by atoms with Gasteiger partial charge in [0.2, 0.25) is 0 Å². The van der Waals surface area contributed by atoms with Gasteiger partial charge in [-0.2, -0.15) is 0 Å². The van der Waals surface area contributed by atoms with Crippen molar-refractivity contribution in [3.63, 3.8) is 0 Å². The van der Waals surface area contributed by atoms with Gasteiger partial charge in [0.05, 0.1) is 0 Å². The van der Waals surface area contributed by atoms with Gasteiger partial charge in [0, 0.05) is 19.1 Å². The molecule has 0 aromatic heterocycles. The Kier molecular flexibility index (Phi) is 4.46. The molecule has 2 heteroatoms. The Hall–Kier alpha value is -0.340. The van der Waals surface area contributed by atoms with Crippen LogP contribution in [0.5, 0.6) is 0 Å². The van der Waals surface area contributed by atoms with Crippen LogP contribution in [-0.4, -0.2) is 30.6 Å². The van der Waals surface area contributed by atoms with Gasteiger partial charge in [-0.3, -0.25) is 0 Å². The van der Waals surface area contributed by atoms with Crippen LogP contribution in [-0.2, 0) is 0 Å². The molecule has 2 nitrogen and oxygen atoms in total. The van der Waals surface area contributed by atoms with Crippen LogP contribution in [0.4, 0.5) is 0 Å². The van der Waals surface area contributed by atoms with Crippen molar-refractivity contribution in [1.29, 1.82) is 0 Å². The maximum absolute atomic E-state index is 6.03. The highest BCUT2D eigenvalue weighted by molar-refractivity contribution is 4.83. The van der Waals surface area contributed by atoms with Crippen molar-refractivity contribution in [1.82, 2.24) is 4.90 Å². The monoisotopic (exact) mass is 182 g/mol. The quantitative estimate of drug-likeness (QED) is 0.669. The van der Waals surface area contributed by atoms with Gasteiger partial charge in [-0.25, -0.2) is 0 Å². The fourth-order valence-electron chi connectivity index (χ4n) is 2.03. The molecule has 0 spiro atoms. The Labute approximate surface area is 81.8 Å². The summed E-state index contributed by atoms with van der Waals surface area (Å²) >= 11 is 0. The van der Waals surface area contributed by atoms with E-state index in [1.165, 1.54) is 19.5 Å². The summed E-state index contributed by atoms with van der Waals surface area (Å²) in [6.45, 7) is 9.50. The predicted octanol–water partition coefficient (Wildman–Crippen LogP) is 1.62. The number of nitrogens with zero attached hydrogens (tertiary/aromatic N) is 1. The van der Waals surface area contributed by atoms with E-state index in [0.29, 0.717) is 12.0 Å². The fourth-order valence-corrected chi connectivity index (χ4v) is 2.03. The van der Waals surface area contributed by atoms with E-state index in [-0.39, 0.29) is 0 Å². The minimum absolute atomic E-state index is 0.435. The maximum Gasteiger partial charge on any atom is 0.00914 e. The zero-order valence-electron chi connectivity index (χ0n) is 8.71. The molecule has 2 unspecified atom stereocenters. The molecular weight excluding hydrogens is 160 g/mol. The van der Waals surface area contributed by atoms with E-state index in [1.54, 1.807) is 0 Å². The van der Waals surface area contributed by atoms with E-state index in [4.69, 9.17) is 5.73 Å². The molecular formula is C11H22N2. The van der Waals surface area contributed by atoms with E-state index >= 15 is 0 Å². The van der Waals surface area contributed by atoms with Crippen LogP contribution in [0.15, 0.2) is 12.7 Å². The molecule has 1 saturated heterocycles. The van der Waals surface area contributed by atoms with Crippen LogP contribution in [0, 0.1) is 5.92 Å². The number of nitrogens with two attached hydrogens (primary N) is 1. The van der Waals surface area contributed by atoms with Crippen LogP contribution in [0.25, 0.3) is 0 Å². The van der Waals surface area contributed by atoms with Gasteiger partial charge in [-0.05, 0) is 25.3 Å². The van der Waals surface area contributed by atoms with Gasteiger partial charge in [-0.15, -0.1) is 6.58 Å². The zero-order valence-corrected chi connectivity index (χ0v) is 8.71. The Morgan fingerprint density at radius 2 is 2.38 bits per heavy atom. The first kappa shape index (κ1) is 10.7. The van der Waals surface area contributed by atoms with Gasteiger partial charge in [-0.1, -0.05) is 19.4 Å². The van der Waals surface area contributed by atoms with E-state index in [0.717, 1.165) is 19.4 Å². The molecule has 13 heavy (non-hydrogen) atoms. The van der Waals surface area contributed by atoms with E-state index in [9.17, 15) is 0 Å². The van der Waals surface area contributed by atoms with Crippen molar-refractivity contribution in [2.75, 3.05) is 19.6 Å². The number of hydrogen-bond donors (Lipinski definition) is 1. The lowest BCUT2D eigenvalue weighted by Crippen LogP contribution is -2.46. The lowest BCUT2D eigenvalue weighted by molar-refractivity contribution is 0.154. The molecule has 0 aromatic rings. The Morgan fingerprint density at radius 1 is 1.62 bits per heavy atom. The fraction of sp³-hybridized carbons (Fsp3) is 0.818. The predicted molar refractivity (Wildman–Crippen MR) is 57.6 cm³/mol.